The SMILES string of the molecule is O=S(Cl)c1cnc2cc[nH]c2c1. The Morgan fingerprint density at radius 3 is 3.17 bits per heavy atom. The van der Waals surface area contributed by atoms with Crippen molar-refractivity contribution in [2.75, 3.05) is 0 Å². The van der Waals surface area contributed by atoms with Gasteiger partial charge in [-0.25, -0.2) is 4.21 Å². The highest BCUT2D eigenvalue weighted by Gasteiger charge is 2.02. The average molecular weight is 201 g/mol. The molecule has 0 aliphatic heterocycles. The van der Waals surface area contributed by atoms with Crippen molar-refractivity contribution in [3.63, 3.8) is 0 Å². The summed E-state index contributed by atoms with van der Waals surface area (Å²) in [4.78, 5) is 7.53. The second-order valence-electron chi connectivity index (χ2n) is 2.30. The second kappa shape index (κ2) is 2.88. The number of halogens is 1. The van der Waals surface area contributed by atoms with Gasteiger partial charge in [0.25, 0.3) is 0 Å². The fourth-order valence-electron chi connectivity index (χ4n) is 1.00. The van der Waals surface area contributed by atoms with Gasteiger partial charge in [-0.3, -0.25) is 4.98 Å². The van der Waals surface area contributed by atoms with Gasteiger partial charge in [0.1, 0.15) is 10.0 Å². The first kappa shape index (κ1) is 7.76. The molecular weight excluding hydrogens is 196 g/mol. The minimum Gasteiger partial charge on any atom is -0.360 e. The highest BCUT2D eigenvalue weighted by molar-refractivity contribution is 8.08. The van der Waals surface area contributed by atoms with Gasteiger partial charge in [-0.2, -0.15) is 0 Å². The van der Waals surface area contributed by atoms with Gasteiger partial charge in [0, 0.05) is 12.4 Å². The van der Waals surface area contributed by atoms with Crippen LogP contribution < -0.4 is 0 Å². The van der Waals surface area contributed by atoms with Gasteiger partial charge in [-0.05, 0) is 22.8 Å². The zero-order chi connectivity index (χ0) is 8.55. The van der Waals surface area contributed by atoms with Gasteiger partial charge in [0.15, 0.2) is 0 Å². The van der Waals surface area contributed by atoms with Crippen LogP contribution in [0.15, 0.2) is 29.4 Å². The highest BCUT2D eigenvalue weighted by Crippen LogP contribution is 2.14. The summed E-state index contributed by atoms with van der Waals surface area (Å²) in [6.07, 6.45) is 3.29. The van der Waals surface area contributed by atoms with E-state index in [1.807, 2.05) is 6.07 Å². The van der Waals surface area contributed by atoms with Gasteiger partial charge in [0.2, 0.25) is 0 Å². The lowest BCUT2D eigenvalue weighted by molar-refractivity contribution is 0.691. The van der Waals surface area contributed by atoms with Crippen molar-refractivity contribution in [3.05, 3.63) is 24.5 Å². The summed E-state index contributed by atoms with van der Waals surface area (Å²) in [6.45, 7) is 0. The molecule has 0 radical (unpaired) electrons. The van der Waals surface area contributed by atoms with Crippen LogP contribution in [0.5, 0.6) is 0 Å². The second-order valence-corrected chi connectivity index (χ2v) is 4.06. The summed E-state index contributed by atoms with van der Waals surface area (Å²) in [5.41, 5.74) is 1.70. The third-order valence-electron chi connectivity index (χ3n) is 1.56. The molecule has 12 heavy (non-hydrogen) atoms. The molecular formula is C7H5ClN2OS. The maximum absolute atomic E-state index is 10.8. The third kappa shape index (κ3) is 1.23. The number of hydrogen-bond donors (Lipinski definition) is 1. The maximum Gasteiger partial charge on any atom is 0.149 e. The summed E-state index contributed by atoms with van der Waals surface area (Å²) >= 11 is 0. The van der Waals surface area contributed by atoms with Crippen LogP contribution in [0, 0.1) is 0 Å². The predicted molar refractivity (Wildman–Crippen MR) is 48.4 cm³/mol. The summed E-state index contributed by atoms with van der Waals surface area (Å²) in [5.74, 6) is 0. The average Bonchev–Trinajstić information content (AvgIpc) is 2.49. The first-order valence-electron chi connectivity index (χ1n) is 3.28. The van der Waals surface area contributed by atoms with Crippen LogP contribution in [0.4, 0.5) is 0 Å². The number of aromatic amines is 1. The van der Waals surface area contributed by atoms with Crippen LogP contribution in [0.25, 0.3) is 11.0 Å². The van der Waals surface area contributed by atoms with Crippen molar-refractivity contribution in [1.29, 1.82) is 0 Å². The maximum atomic E-state index is 10.8. The van der Waals surface area contributed by atoms with E-state index in [1.165, 1.54) is 6.20 Å². The quantitative estimate of drug-likeness (QED) is 0.714. The fraction of sp³-hybridized carbons (Fsp3) is 0. The summed E-state index contributed by atoms with van der Waals surface area (Å²) in [7, 11) is 3.91. The molecule has 0 saturated carbocycles. The standard InChI is InChI=1S/C7H5ClN2OS/c8-12(11)5-3-7-6(10-4-5)1-2-9-7/h1-4,9H. The van der Waals surface area contributed by atoms with Crippen molar-refractivity contribution in [3.8, 4) is 0 Å². The Labute approximate surface area is 75.7 Å². The monoisotopic (exact) mass is 200 g/mol. The Morgan fingerprint density at radius 2 is 2.42 bits per heavy atom. The van der Waals surface area contributed by atoms with Gasteiger partial charge in [0.05, 0.1) is 15.9 Å². The minimum absolute atomic E-state index is 0.520. The van der Waals surface area contributed by atoms with Crippen molar-refractivity contribution in [2.24, 2.45) is 0 Å². The van der Waals surface area contributed by atoms with Gasteiger partial charge < -0.3 is 4.98 Å². The van der Waals surface area contributed by atoms with E-state index in [-0.39, 0.29) is 0 Å². The zero-order valence-electron chi connectivity index (χ0n) is 5.95. The molecule has 2 aromatic heterocycles. The molecule has 1 atom stereocenters. The van der Waals surface area contributed by atoms with E-state index in [4.69, 9.17) is 10.7 Å². The third-order valence-corrected chi connectivity index (χ3v) is 2.69. The van der Waals surface area contributed by atoms with Crippen molar-refractivity contribution >= 4 is 31.7 Å². The van der Waals surface area contributed by atoms with Gasteiger partial charge >= 0.3 is 0 Å². The van der Waals surface area contributed by atoms with Gasteiger partial charge in [-0.15, -0.1) is 0 Å². The summed E-state index contributed by atoms with van der Waals surface area (Å²) in [5, 5.41) is 0. The van der Waals surface area contributed by atoms with Crippen molar-refractivity contribution in [1.82, 2.24) is 9.97 Å². The number of rotatable bonds is 1. The molecule has 5 heteroatoms. The summed E-state index contributed by atoms with van der Waals surface area (Å²) in [6, 6.07) is 3.57. The van der Waals surface area contributed by atoms with Crippen LogP contribution in [0.1, 0.15) is 0 Å². The smallest absolute Gasteiger partial charge is 0.149 e. The molecule has 3 nitrogen and oxygen atoms in total. The van der Waals surface area contributed by atoms with E-state index in [2.05, 4.69) is 9.97 Å². The molecule has 0 fully saturated rings. The Kier molecular flexibility index (Phi) is 1.86. The lowest BCUT2D eigenvalue weighted by Crippen LogP contribution is -1.83. The molecule has 0 spiro atoms. The Balaban J connectivity index is 2.68. The van der Waals surface area contributed by atoms with E-state index >= 15 is 0 Å². The number of H-pyrrole nitrogens is 1. The van der Waals surface area contributed by atoms with E-state index in [9.17, 15) is 4.21 Å². The van der Waals surface area contributed by atoms with Gasteiger partial charge in [-0.1, -0.05) is 0 Å². The van der Waals surface area contributed by atoms with E-state index in [0.717, 1.165) is 11.0 Å². The number of hydrogen-bond acceptors (Lipinski definition) is 2. The van der Waals surface area contributed by atoms with E-state index < -0.39 is 10.0 Å². The summed E-state index contributed by atoms with van der Waals surface area (Å²) < 4.78 is 10.8. The topological polar surface area (TPSA) is 45.8 Å². The van der Waals surface area contributed by atoms with Crippen LogP contribution in [0.2, 0.25) is 0 Å². The number of aromatic nitrogens is 2. The molecule has 0 amide bonds. The molecule has 1 unspecified atom stereocenters. The van der Waals surface area contributed by atoms with Crippen LogP contribution >= 0.6 is 10.7 Å². The lowest BCUT2D eigenvalue weighted by Gasteiger charge is -1.92. The molecule has 2 heterocycles. The Morgan fingerprint density at radius 1 is 1.58 bits per heavy atom. The van der Waals surface area contributed by atoms with E-state index in [0.29, 0.717) is 4.90 Å². The van der Waals surface area contributed by atoms with Crippen LogP contribution in [-0.2, 0) is 10.0 Å². The largest absolute Gasteiger partial charge is 0.360 e. The van der Waals surface area contributed by atoms with E-state index in [1.54, 1.807) is 12.3 Å². The molecule has 0 aromatic carbocycles. The normalized spacial score (nSPS) is 13.4. The number of pyridine rings is 1. The number of nitrogens with one attached hydrogen (secondary N) is 1. The molecule has 2 aromatic rings. The molecule has 1 N–H and O–H groups in total. The molecule has 62 valence electrons. The van der Waals surface area contributed by atoms with Crippen LogP contribution in [0.3, 0.4) is 0 Å². The minimum atomic E-state index is -1.48. The Hall–Kier alpha value is -0.870. The number of fused-ring (bicyclic) bond motifs is 1. The van der Waals surface area contributed by atoms with Crippen LogP contribution in [-0.4, -0.2) is 14.2 Å². The van der Waals surface area contributed by atoms with Crippen molar-refractivity contribution < 1.29 is 4.21 Å². The predicted octanol–water partition coefficient (Wildman–Crippen LogP) is 1.82. The lowest BCUT2D eigenvalue weighted by atomic mass is 10.4. The first-order chi connectivity index (χ1) is 5.77. The number of nitrogens with zero attached hydrogens (tertiary/aromatic N) is 1. The first-order valence-corrected chi connectivity index (χ1v) is 5.26. The molecule has 0 aliphatic carbocycles. The molecule has 0 bridgehead atoms. The Bertz CT molecular complexity index is 440. The molecule has 0 saturated heterocycles. The molecule has 2 rings (SSSR count). The fourth-order valence-corrected chi connectivity index (χ4v) is 1.60. The van der Waals surface area contributed by atoms with Crippen molar-refractivity contribution in [2.45, 2.75) is 4.90 Å². The highest BCUT2D eigenvalue weighted by atomic mass is 35.7. The molecule has 0 aliphatic rings. The zero-order valence-corrected chi connectivity index (χ0v) is 7.52.